The third-order valence-electron chi connectivity index (χ3n) is 3.34. The van der Waals surface area contributed by atoms with Crippen LogP contribution in [0.2, 0.25) is 0 Å². The van der Waals surface area contributed by atoms with Crippen molar-refractivity contribution in [1.29, 1.82) is 0 Å². The first-order chi connectivity index (χ1) is 9.13. The van der Waals surface area contributed by atoms with Crippen molar-refractivity contribution in [2.75, 3.05) is 6.54 Å². The summed E-state index contributed by atoms with van der Waals surface area (Å²) in [4.78, 5) is 22.7. The van der Waals surface area contributed by atoms with E-state index in [4.69, 9.17) is 9.47 Å². The summed E-state index contributed by atoms with van der Waals surface area (Å²) in [6.45, 7) is 3.98. The smallest absolute Gasteiger partial charge is 0.410 e. The number of hydrogen-bond donors (Lipinski definition) is 1. The number of nitrogens with one attached hydrogen (secondary N) is 1. The van der Waals surface area contributed by atoms with Gasteiger partial charge in [0.1, 0.15) is 0 Å². The van der Waals surface area contributed by atoms with Crippen molar-refractivity contribution in [2.24, 2.45) is 5.92 Å². The minimum absolute atomic E-state index is 0.134. The summed E-state index contributed by atoms with van der Waals surface area (Å²) in [5, 5.41) is 2.67. The molecular weight excluding hydrogens is 246 g/mol. The summed E-state index contributed by atoms with van der Waals surface area (Å²) < 4.78 is 10.4. The average Bonchev–Trinajstić information content (AvgIpc) is 2.39. The second-order valence-corrected chi connectivity index (χ2v) is 5.06. The molecule has 1 aliphatic rings. The van der Waals surface area contributed by atoms with Gasteiger partial charge in [-0.3, -0.25) is 4.79 Å². The van der Waals surface area contributed by atoms with Crippen molar-refractivity contribution >= 4 is 12.1 Å². The topological polar surface area (TPSA) is 64.6 Å². The van der Waals surface area contributed by atoms with E-state index in [1.165, 1.54) is 13.3 Å². The minimum Gasteiger partial charge on any atom is -0.425 e. The van der Waals surface area contributed by atoms with E-state index in [2.05, 4.69) is 12.2 Å². The molecule has 1 N–H and O–H groups in total. The van der Waals surface area contributed by atoms with Gasteiger partial charge in [-0.05, 0) is 19.3 Å². The van der Waals surface area contributed by atoms with Gasteiger partial charge in [-0.2, -0.15) is 0 Å². The average molecular weight is 271 g/mol. The fraction of sp³-hybridized carbons (Fsp3) is 0.857. The van der Waals surface area contributed by atoms with Crippen LogP contribution < -0.4 is 5.32 Å². The molecule has 0 radical (unpaired) electrons. The zero-order valence-corrected chi connectivity index (χ0v) is 11.9. The van der Waals surface area contributed by atoms with E-state index in [-0.39, 0.29) is 5.92 Å². The summed E-state index contributed by atoms with van der Waals surface area (Å²) in [5.41, 5.74) is 0. The number of unbranched alkanes of at least 4 members (excludes halogenated alkanes) is 1. The Morgan fingerprint density at radius 3 is 2.47 bits per heavy atom. The highest BCUT2D eigenvalue weighted by Crippen LogP contribution is 2.28. The zero-order valence-electron chi connectivity index (χ0n) is 11.9. The first-order valence-corrected chi connectivity index (χ1v) is 7.25. The molecule has 5 nitrogen and oxygen atoms in total. The SMILES string of the molecule is CCCCNC(=O)OC(OC(C)=O)C1CCCCC1. The molecule has 0 aromatic carbocycles. The van der Waals surface area contributed by atoms with Crippen LogP contribution in [0.5, 0.6) is 0 Å². The Hall–Kier alpha value is -1.26. The van der Waals surface area contributed by atoms with Crippen LogP contribution in [0.15, 0.2) is 0 Å². The Labute approximate surface area is 115 Å². The number of ether oxygens (including phenoxy) is 2. The van der Waals surface area contributed by atoms with Crippen LogP contribution in [0.25, 0.3) is 0 Å². The maximum atomic E-state index is 11.6. The summed E-state index contributed by atoms with van der Waals surface area (Å²) in [5.74, 6) is -0.272. The summed E-state index contributed by atoms with van der Waals surface area (Å²) in [6, 6.07) is 0. The fourth-order valence-electron chi connectivity index (χ4n) is 2.30. The highest BCUT2D eigenvalue weighted by Gasteiger charge is 2.29. The van der Waals surface area contributed by atoms with Crippen LogP contribution >= 0.6 is 0 Å². The first kappa shape index (κ1) is 15.8. The maximum absolute atomic E-state index is 11.6. The van der Waals surface area contributed by atoms with E-state index < -0.39 is 18.4 Å². The van der Waals surface area contributed by atoms with Crippen LogP contribution in [0.4, 0.5) is 4.79 Å². The Morgan fingerprint density at radius 1 is 1.21 bits per heavy atom. The molecule has 19 heavy (non-hydrogen) atoms. The summed E-state index contributed by atoms with van der Waals surface area (Å²) in [7, 11) is 0. The Balaban J connectivity index is 2.43. The predicted molar refractivity (Wildman–Crippen MR) is 71.5 cm³/mol. The highest BCUT2D eigenvalue weighted by molar-refractivity contribution is 5.68. The lowest BCUT2D eigenvalue weighted by Gasteiger charge is -2.28. The number of alkyl carbamates (subject to hydrolysis) is 1. The molecule has 0 heterocycles. The summed E-state index contributed by atoms with van der Waals surface area (Å²) in [6.07, 6.45) is 5.98. The van der Waals surface area contributed by atoms with Crippen LogP contribution in [0.3, 0.4) is 0 Å². The molecule has 1 rings (SSSR count). The zero-order chi connectivity index (χ0) is 14.1. The van der Waals surface area contributed by atoms with Crippen molar-refractivity contribution in [3.63, 3.8) is 0 Å². The number of hydrogen-bond acceptors (Lipinski definition) is 4. The van der Waals surface area contributed by atoms with E-state index in [0.717, 1.165) is 38.5 Å². The highest BCUT2D eigenvalue weighted by atomic mass is 16.7. The summed E-state index contributed by atoms with van der Waals surface area (Å²) >= 11 is 0. The number of carbonyl (C=O) groups is 2. The molecule has 0 aromatic heterocycles. The molecule has 110 valence electrons. The fourth-order valence-corrected chi connectivity index (χ4v) is 2.30. The molecule has 1 saturated carbocycles. The number of amides is 1. The van der Waals surface area contributed by atoms with E-state index in [9.17, 15) is 9.59 Å². The monoisotopic (exact) mass is 271 g/mol. The maximum Gasteiger partial charge on any atom is 0.410 e. The van der Waals surface area contributed by atoms with Gasteiger partial charge in [0.25, 0.3) is 6.29 Å². The molecule has 5 heteroatoms. The predicted octanol–water partition coefficient (Wildman–Crippen LogP) is 2.98. The first-order valence-electron chi connectivity index (χ1n) is 7.25. The molecule has 1 unspecified atom stereocenters. The molecule has 0 bridgehead atoms. The van der Waals surface area contributed by atoms with Gasteiger partial charge >= 0.3 is 12.1 Å². The number of esters is 1. The third-order valence-corrected chi connectivity index (χ3v) is 3.34. The molecule has 1 amide bonds. The lowest BCUT2D eigenvalue weighted by atomic mass is 9.89. The Bertz CT molecular complexity index is 287. The van der Waals surface area contributed by atoms with Gasteiger partial charge in [0, 0.05) is 19.4 Å². The van der Waals surface area contributed by atoms with Crippen LogP contribution in [0, 0.1) is 5.92 Å². The molecule has 0 spiro atoms. The van der Waals surface area contributed by atoms with E-state index in [1.54, 1.807) is 0 Å². The van der Waals surface area contributed by atoms with Crippen molar-refractivity contribution < 1.29 is 19.1 Å². The van der Waals surface area contributed by atoms with Crippen molar-refractivity contribution in [3.05, 3.63) is 0 Å². The molecule has 0 saturated heterocycles. The van der Waals surface area contributed by atoms with E-state index in [1.807, 2.05) is 0 Å². The van der Waals surface area contributed by atoms with Gasteiger partial charge in [-0.15, -0.1) is 0 Å². The molecular formula is C14H25NO4. The Kier molecular flexibility index (Phi) is 7.30. The van der Waals surface area contributed by atoms with Crippen molar-refractivity contribution in [2.45, 2.75) is 65.1 Å². The second kappa shape index (κ2) is 8.77. The molecule has 1 fully saturated rings. The molecule has 1 atom stereocenters. The third kappa shape index (κ3) is 6.45. The van der Waals surface area contributed by atoms with E-state index >= 15 is 0 Å². The Morgan fingerprint density at radius 2 is 1.89 bits per heavy atom. The largest absolute Gasteiger partial charge is 0.425 e. The molecule has 1 aliphatic carbocycles. The standard InChI is InChI=1S/C14H25NO4/c1-3-4-10-15-14(17)19-13(18-11(2)16)12-8-6-5-7-9-12/h12-13H,3-10H2,1-2H3,(H,15,17). The van der Waals surface area contributed by atoms with Crippen LogP contribution in [-0.2, 0) is 14.3 Å². The van der Waals surface area contributed by atoms with Crippen LogP contribution in [-0.4, -0.2) is 24.9 Å². The van der Waals surface area contributed by atoms with Gasteiger partial charge in [0.05, 0.1) is 0 Å². The number of rotatable bonds is 6. The second-order valence-electron chi connectivity index (χ2n) is 5.06. The lowest BCUT2D eigenvalue weighted by Crippen LogP contribution is -2.37. The normalized spacial score (nSPS) is 17.6. The lowest BCUT2D eigenvalue weighted by molar-refractivity contribution is -0.176. The quantitative estimate of drug-likeness (QED) is 0.458. The van der Waals surface area contributed by atoms with Gasteiger partial charge < -0.3 is 14.8 Å². The molecule has 0 aromatic rings. The van der Waals surface area contributed by atoms with Crippen molar-refractivity contribution in [1.82, 2.24) is 5.32 Å². The number of carbonyl (C=O) groups excluding carboxylic acids is 2. The van der Waals surface area contributed by atoms with E-state index in [0.29, 0.717) is 6.54 Å². The van der Waals surface area contributed by atoms with Gasteiger partial charge in [0.2, 0.25) is 0 Å². The molecule has 0 aliphatic heterocycles. The van der Waals surface area contributed by atoms with Gasteiger partial charge in [-0.25, -0.2) is 4.79 Å². The van der Waals surface area contributed by atoms with Crippen LogP contribution in [0.1, 0.15) is 58.8 Å². The van der Waals surface area contributed by atoms with Gasteiger partial charge in [0.15, 0.2) is 0 Å². The minimum atomic E-state index is -0.737. The van der Waals surface area contributed by atoms with Crippen molar-refractivity contribution in [3.8, 4) is 0 Å². The van der Waals surface area contributed by atoms with Gasteiger partial charge in [-0.1, -0.05) is 32.6 Å².